The normalized spacial score (nSPS) is 14.2. The summed E-state index contributed by atoms with van der Waals surface area (Å²) in [6.45, 7) is 2.00. The van der Waals surface area contributed by atoms with E-state index in [1.54, 1.807) is 0 Å². The Morgan fingerprint density at radius 1 is 1.36 bits per heavy atom. The minimum absolute atomic E-state index is 0.793. The largest absolute Gasteiger partial charge is 0.291 e. The van der Waals surface area contributed by atoms with Gasteiger partial charge in [0.05, 0.1) is 0 Å². The molecular formula is C8H9ClOS. The fourth-order valence-corrected chi connectivity index (χ4v) is 1.64. The van der Waals surface area contributed by atoms with E-state index in [0.717, 1.165) is 10.5 Å². The van der Waals surface area contributed by atoms with Crippen LogP contribution >= 0.6 is 20.8 Å². The number of halogens is 1. The van der Waals surface area contributed by atoms with Gasteiger partial charge in [-0.1, -0.05) is 38.5 Å². The third kappa shape index (κ3) is 2.24. The number of hydrogen-bond donors (Lipinski definition) is 1. The highest BCUT2D eigenvalue weighted by atomic mass is 35.7. The lowest BCUT2D eigenvalue weighted by Crippen LogP contribution is -1.76. The van der Waals surface area contributed by atoms with Gasteiger partial charge in [-0.25, -0.2) is 0 Å². The van der Waals surface area contributed by atoms with Crippen molar-refractivity contribution in [3.05, 3.63) is 29.8 Å². The maximum absolute atomic E-state index is 10.3. The Balaban J connectivity index is 2.89. The van der Waals surface area contributed by atoms with Crippen molar-refractivity contribution in [2.45, 2.75) is 11.8 Å². The lowest BCUT2D eigenvalue weighted by molar-refractivity contribution is 0.570. The van der Waals surface area contributed by atoms with Gasteiger partial charge in [0.25, 0.3) is 0 Å². The molecule has 0 aromatic heterocycles. The van der Waals surface area contributed by atoms with Crippen molar-refractivity contribution < 1.29 is 4.79 Å². The third-order valence-electron chi connectivity index (χ3n) is 1.37. The van der Waals surface area contributed by atoms with E-state index in [-0.39, 0.29) is 0 Å². The molecule has 0 N–H and O–H groups in total. The van der Waals surface area contributed by atoms with Crippen molar-refractivity contribution in [1.29, 1.82) is 0 Å². The van der Waals surface area contributed by atoms with E-state index in [0.29, 0.717) is 0 Å². The highest BCUT2D eigenvalue weighted by Gasteiger charge is 1.98. The van der Waals surface area contributed by atoms with Gasteiger partial charge in [0.15, 0.2) is 5.62 Å². The smallest absolute Gasteiger partial charge is 0.173 e. The quantitative estimate of drug-likeness (QED) is 0.558. The summed E-state index contributed by atoms with van der Waals surface area (Å²) < 4.78 is 0. The summed E-state index contributed by atoms with van der Waals surface area (Å²) in [6.07, 6.45) is 0. The van der Waals surface area contributed by atoms with E-state index in [9.17, 15) is 4.79 Å². The summed E-state index contributed by atoms with van der Waals surface area (Å²) in [5, 5.41) is 0. The van der Waals surface area contributed by atoms with Gasteiger partial charge >= 0.3 is 0 Å². The van der Waals surface area contributed by atoms with Crippen LogP contribution in [-0.2, 0) is 4.79 Å². The van der Waals surface area contributed by atoms with Crippen LogP contribution in [0.3, 0.4) is 0 Å². The summed E-state index contributed by atoms with van der Waals surface area (Å²) in [5.74, 6) is 0. The van der Waals surface area contributed by atoms with Crippen LogP contribution in [-0.4, -0.2) is 5.62 Å². The van der Waals surface area contributed by atoms with Crippen LogP contribution in [0.2, 0.25) is 0 Å². The van der Waals surface area contributed by atoms with Gasteiger partial charge in [-0.2, -0.15) is 0 Å². The minimum atomic E-state index is -1.09. The zero-order chi connectivity index (χ0) is 8.27. The molecule has 60 valence electrons. The van der Waals surface area contributed by atoms with Crippen molar-refractivity contribution in [2.24, 2.45) is 0 Å². The van der Waals surface area contributed by atoms with Gasteiger partial charge in [-0.05, 0) is 19.1 Å². The van der Waals surface area contributed by atoms with Crippen LogP contribution in [0.4, 0.5) is 0 Å². The van der Waals surface area contributed by atoms with E-state index in [4.69, 9.17) is 10.7 Å². The predicted octanol–water partition coefficient (Wildman–Crippen LogP) is 2.70. The van der Waals surface area contributed by atoms with Crippen molar-refractivity contribution in [2.75, 3.05) is 0 Å². The molecule has 1 unspecified atom stereocenters. The number of hydrogen-bond acceptors (Lipinski definition) is 1. The lowest BCUT2D eigenvalue weighted by Gasteiger charge is -2.04. The molecule has 1 nitrogen and oxygen atoms in total. The number of rotatable bonds is 2. The average molecular weight is 189 g/mol. The van der Waals surface area contributed by atoms with Crippen LogP contribution in [0.5, 0.6) is 0 Å². The molecular weight excluding hydrogens is 180 g/mol. The molecule has 1 aromatic carbocycles. The number of carbonyl (C=O) groups is 1. The Labute approximate surface area is 73.2 Å². The van der Waals surface area contributed by atoms with E-state index in [1.165, 1.54) is 5.56 Å². The molecule has 0 aliphatic rings. The molecule has 11 heavy (non-hydrogen) atoms. The van der Waals surface area contributed by atoms with Gasteiger partial charge < -0.3 is 0 Å². The Morgan fingerprint density at radius 3 is 2.36 bits per heavy atom. The van der Waals surface area contributed by atoms with Gasteiger partial charge in [0.2, 0.25) is 0 Å². The summed E-state index contributed by atoms with van der Waals surface area (Å²) >= 11 is 0. The second-order valence-electron chi connectivity index (χ2n) is 2.25. The molecule has 1 rings (SSSR count). The number of aryl methyl sites for hydroxylation is 1. The van der Waals surface area contributed by atoms with E-state index in [2.05, 4.69) is 0 Å². The van der Waals surface area contributed by atoms with Gasteiger partial charge in [0.1, 0.15) is 0 Å². The second kappa shape index (κ2) is 3.79. The maximum atomic E-state index is 10.3. The molecule has 0 heterocycles. The molecule has 0 aliphatic carbocycles. The highest BCUT2D eigenvalue weighted by Crippen LogP contribution is 2.37. The minimum Gasteiger partial charge on any atom is -0.291 e. The lowest BCUT2D eigenvalue weighted by atomic mass is 10.2. The molecule has 0 radical (unpaired) electrons. The predicted molar refractivity (Wildman–Crippen MR) is 51.0 cm³/mol. The van der Waals surface area contributed by atoms with Crippen LogP contribution in [0.25, 0.3) is 0 Å². The first-order valence-electron chi connectivity index (χ1n) is 3.21. The van der Waals surface area contributed by atoms with Crippen LogP contribution in [0.1, 0.15) is 5.56 Å². The topological polar surface area (TPSA) is 17.1 Å². The molecule has 0 saturated carbocycles. The molecule has 0 fully saturated rings. The summed E-state index contributed by atoms with van der Waals surface area (Å²) in [7, 11) is 4.65. The molecule has 0 aliphatic heterocycles. The Morgan fingerprint density at radius 2 is 1.91 bits per heavy atom. The monoisotopic (exact) mass is 188 g/mol. The molecule has 0 amide bonds. The van der Waals surface area contributed by atoms with Crippen molar-refractivity contribution >= 4 is 26.4 Å². The molecule has 0 saturated heterocycles. The standard InChI is InChI=1S/C8H9ClOS/c1-7-2-4-8(5-3-7)11(9)6-10/h2-6,11H,1H3. The van der Waals surface area contributed by atoms with Gasteiger partial charge in [0, 0.05) is 4.90 Å². The number of thiol groups is 1. The maximum Gasteiger partial charge on any atom is 0.173 e. The number of benzene rings is 1. The Hall–Kier alpha value is -0.470. The van der Waals surface area contributed by atoms with Crippen molar-refractivity contribution in [3.63, 3.8) is 0 Å². The first-order valence-corrected chi connectivity index (χ1v) is 5.52. The first-order chi connectivity index (χ1) is 5.24. The summed E-state index contributed by atoms with van der Waals surface area (Å²) in [5.41, 5.74) is 1.97. The molecule has 3 heteroatoms. The zero-order valence-electron chi connectivity index (χ0n) is 6.12. The zero-order valence-corrected chi connectivity index (χ0v) is 7.77. The van der Waals surface area contributed by atoms with Crippen molar-refractivity contribution in [3.8, 4) is 0 Å². The molecule has 0 bridgehead atoms. The van der Waals surface area contributed by atoms with Gasteiger partial charge in [-0.3, -0.25) is 4.79 Å². The third-order valence-corrected chi connectivity index (χ3v) is 3.17. The number of carbonyl (C=O) groups excluding carboxylic acids is 1. The molecule has 1 atom stereocenters. The van der Waals surface area contributed by atoms with E-state index in [1.807, 2.05) is 31.2 Å². The average Bonchev–Trinajstić information content (AvgIpc) is 2.05. The Bertz CT molecular complexity index is 245. The first kappa shape index (κ1) is 8.62. The van der Waals surface area contributed by atoms with Crippen LogP contribution < -0.4 is 0 Å². The fourth-order valence-electron chi connectivity index (χ4n) is 0.748. The molecule has 1 aromatic rings. The molecule has 0 spiro atoms. The van der Waals surface area contributed by atoms with E-state index < -0.39 is 10.1 Å². The highest BCUT2D eigenvalue weighted by molar-refractivity contribution is 8.45. The van der Waals surface area contributed by atoms with Crippen LogP contribution in [0.15, 0.2) is 29.2 Å². The summed E-state index contributed by atoms with van der Waals surface area (Å²) in [4.78, 5) is 11.2. The van der Waals surface area contributed by atoms with Crippen LogP contribution in [0, 0.1) is 6.92 Å². The Kier molecular flexibility index (Phi) is 2.97. The SMILES string of the molecule is Cc1ccc([SH](Cl)C=O)cc1. The fraction of sp³-hybridized carbons (Fsp3) is 0.125. The van der Waals surface area contributed by atoms with Gasteiger partial charge in [-0.15, -0.1) is 0 Å². The van der Waals surface area contributed by atoms with E-state index >= 15 is 0 Å². The second-order valence-corrected chi connectivity index (χ2v) is 4.69. The van der Waals surface area contributed by atoms with Crippen molar-refractivity contribution in [1.82, 2.24) is 0 Å². The summed E-state index contributed by atoms with van der Waals surface area (Å²) in [6, 6.07) is 7.69.